The monoisotopic (exact) mass is 440 g/mol. The molecule has 4 rings (SSSR count). The van der Waals surface area contributed by atoms with Gasteiger partial charge in [0.25, 0.3) is 0 Å². The van der Waals surface area contributed by atoms with E-state index < -0.39 is 23.8 Å². The number of aliphatic imine (C=N–C) groups is 1. The lowest BCUT2D eigenvalue weighted by Crippen LogP contribution is -2.57. The molecule has 0 unspecified atom stereocenters. The number of anilines is 1. The van der Waals surface area contributed by atoms with Gasteiger partial charge in [0.1, 0.15) is 6.04 Å². The van der Waals surface area contributed by atoms with Gasteiger partial charge in [0.2, 0.25) is 11.9 Å². The number of nitrogens with zero attached hydrogens (tertiary/aromatic N) is 3. The summed E-state index contributed by atoms with van der Waals surface area (Å²) in [6.07, 6.45) is 0. The highest BCUT2D eigenvalue weighted by atomic mass is 35.5. The van der Waals surface area contributed by atoms with Crippen molar-refractivity contribution >= 4 is 35.1 Å². The van der Waals surface area contributed by atoms with Crippen molar-refractivity contribution < 1.29 is 14.3 Å². The van der Waals surface area contributed by atoms with Gasteiger partial charge in [0.05, 0.1) is 6.61 Å². The average Bonchev–Trinajstić information content (AvgIpc) is 2.80. The van der Waals surface area contributed by atoms with E-state index in [1.165, 1.54) is 5.69 Å². The third-order valence-electron chi connectivity index (χ3n) is 5.55. The minimum atomic E-state index is -1.03. The summed E-state index contributed by atoms with van der Waals surface area (Å²) in [5.74, 6) is -1.50. The van der Waals surface area contributed by atoms with Gasteiger partial charge < -0.3 is 14.5 Å². The first kappa shape index (κ1) is 21.2. The van der Waals surface area contributed by atoms with Crippen LogP contribution in [-0.4, -0.2) is 55.5 Å². The van der Waals surface area contributed by atoms with Crippen LogP contribution in [0.4, 0.5) is 5.69 Å². The van der Waals surface area contributed by atoms with Crippen molar-refractivity contribution in [2.24, 2.45) is 10.9 Å². The van der Waals surface area contributed by atoms with Gasteiger partial charge in [-0.15, -0.1) is 0 Å². The summed E-state index contributed by atoms with van der Waals surface area (Å²) in [5, 5.41) is 3.41. The number of halogens is 1. The number of para-hydroxylation sites is 1. The molecule has 0 aliphatic carbocycles. The zero-order chi connectivity index (χ0) is 21.8. The van der Waals surface area contributed by atoms with Crippen molar-refractivity contribution in [2.45, 2.75) is 13.0 Å². The Morgan fingerprint density at radius 2 is 1.71 bits per heavy atom. The first-order chi connectivity index (χ1) is 15.1. The summed E-state index contributed by atoms with van der Waals surface area (Å²) in [6.45, 7) is 4.97. The summed E-state index contributed by atoms with van der Waals surface area (Å²) in [5.41, 5.74) is 1.93. The van der Waals surface area contributed by atoms with Crippen LogP contribution in [0.1, 0.15) is 18.5 Å². The third-order valence-corrected chi connectivity index (χ3v) is 5.80. The quantitative estimate of drug-likeness (QED) is 0.584. The first-order valence-electron chi connectivity index (χ1n) is 10.4. The molecule has 1 saturated heterocycles. The van der Waals surface area contributed by atoms with Gasteiger partial charge in [-0.25, -0.2) is 4.99 Å². The Balaban J connectivity index is 1.56. The van der Waals surface area contributed by atoms with Crippen LogP contribution in [-0.2, 0) is 14.3 Å². The number of hydrogen-bond donors (Lipinski definition) is 1. The number of benzene rings is 2. The fraction of sp³-hybridized carbons (Fsp3) is 0.348. The molecule has 2 aliphatic rings. The van der Waals surface area contributed by atoms with Crippen molar-refractivity contribution in [3.63, 3.8) is 0 Å². The second-order valence-electron chi connectivity index (χ2n) is 7.48. The lowest BCUT2D eigenvalue weighted by molar-refractivity contribution is -0.153. The van der Waals surface area contributed by atoms with E-state index in [2.05, 4.69) is 27.2 Å². The Morgan fingerprint density at radius 1 is 1.06 bits per heavy atom. The van der Waals surface area contributed by atoms with Crippen LogP contribution in [0.5, 0.6) is 0 Å². The van der Waals surface area contributed by atoms with Gasteiger partial charge in [-0.2, -0.15) is 0 Å². The molecule has 0 radical (unpaired) electrons. The van der Waals surface area contributed by atoms with E-state index in [9.17, 15) is 9.59 Å². The normalized spacial score (nSPS) is 21.4. The van der Waals surface area contributed by atoms with Crippen LogP contribution in [0.15, 0.2) is 59.6 Å². The van der Waals surface area contributed by atoms with Crippen LogP contribution in [0.25, 0.3) is 0 Å². The lowest BCUT2D eigenvalue weighted by atomic mass is 9.91. The fourth-order valence-corrected chi connectivity index (χ4v) is 4.07. The molecule has 2 heterocycles. The fourth-order valence-electron chi connectivity index (χ4n) is 3.94. The standard InChI is InChI=1S/C23H25ClN4O3/c1-2-31-22(30)19-20(16-8-10-17(24)11-9-16)25-23(26-21(19)29)28-14-12-27(13-15-28)18-6-4-3-5-7-18/h3-11,19-20H,2,12-15H2,1H3,(H,25,26,29)/t19-,20-/m0/s1. The first-order valence-corrected chi connectivity index (χ1v) is 10.8. The maximum atomic E-state index is 12.9. The number of amides is 1. The van der Waals surface area contributed by atoms with Crippen LogP contribution >= 0.6 is 11.6 Å². The minimum absolute atomic E-state index is 0.202. The molecule has 1 N–H and O–H groups in total. The van der Waals surface area contributed by atoms with Gasteiger partial charge in [0.15, 0.2) is 5.92 Å². The Labute approximate surface area is 186 Å². The van der Waals surface area contributed by atoms with E-state index >= 15 is 0 Å². The van der Waals surface area contributed by atoms with Gasteiger partial charge in [-0.1, -0.05) is 41.9 Å². The number of carbonyl (C=O) groups excluding carboxylic acids is 2. The van der Waals surface area contributed by atoms with Crippen molar-refractivity contribution in [3.05, 3.63) is 65.2 Å². The van der Waals surface area contributed by atoms with Gasteiger partial charge in [0, 0.05) is 36.9 Å². The molecule has 2 atom stereocenters. The van der Waals surface area contributed by atoms with Crippen molar-refractivity contribution in [1.29, 1.82) is 0 Å². The Hall–Kier alpha value is -3.06. The minimum Gasteiger partial charge on any atom is -0.465 e. The number of ether oxygens (including phenoxy) is 1. The molecule has 0 aromatic heterocycles. The topological polar surface area (TPSA) is 74.2 Å². The number of carbonyl (C=O) groups is 2. The third kappa shape index (κ3) is 4.66. The number of rotatable bonds is 4. The molecule has 1 fully saturated rings. The number of nitrogens with one attached hydrogen (secondary N) is 1. The van der Waals surface area contributed by atoms with Crippen LogP contribution in [0, 0.1) is 5.92 Å². The van der Waals surface area contributed by atoms with Crippen molar-refractivity contribution in [1.82, 2.24) is 10.2 Å². The largest absolute Gasteiger partial charge is 0.465 e. The molecule has 1 amide bonds. The van der Waals surface area contributed by atoms with Crippen molar-refractivity contribution in [2.75, 3.05) is 37.7 Å². The maximum absolute atomic E-state index is 12.9. The maximum Gasteiger partial charge on any atom is 0.321 e. The molecule has 7 nitrogen and oxygen atoms in total. The van der Waals surface area contributed by atoms with E-state index in [4.69, 9.17) is 21.3 Å². The number of hydrogen-bond acceptors (Lipinski definition) is 6. The van der Waals surface area contributed by atoms with Crippen LogP contribution in [0.3, 0.4) is 0 Å². The molecule has 2 aromatic carbocycles. The molecular weight excluding hydrogens is 416 g/mol. The number of esters is 1. The second-order valence-corrected chi connectivity index (χ2v) is 7.91. The summed E-state index contributed by atoms with van der Waals surface area (Å²) >= 11 is 6.02. The zero-order valence-corrected chi connectivity index (χ0v) is 18.1. The zero-order valence-electron chi connectivity index (χ0n) is 17.3. The van der Waals surface area contributed by atoms with Crippen molar-refractivity contribution in [3.8, 4) is 0 Å². The van der Waals surface area contributed by atoms with E-state index in [0.717, 1.165) is 18.7 Å². The smallest absolute Gasteiger partial charge is 0.321 e. The Bertz CT molecular complexity index is 957. The molecule has 2 aliphatic heterocycles. The van der Waals surface area contributed by atoms with E-state index in [1.54, 1.807) is 31.2 Å². The molecule has 162 valence electrons. The van der Waals surface area contributed by atoms with E-state index in [1.807, 2.05) is 18.2 Å². The Morgan fingerprint density at radius 3 is 2.35 bits per heavy atom. The predicted octanol–water partition coefficient (Wildman–Crippen LogP) is 2.87. The summed E-state index contributed by atoms with van der Waals surface area (Å²) in [4.78, 5) is 34.6. The molecule has 31 heavy (non-hydrogen) atoms. The molecular formula is C23H25ClN4O3. The van der Waals surface area contributed by atoms with E-state index in [0.29, 0.717) is 24.1 Å². The molecule has 0 saturated carbocycles. The number of piperazine rings is 1. The SMILES string of the molecule is CCOC(=O)[C@@H]1C(=O)NC(N2CCN(c3ccccc3)CC2)=N[C@H]1c1ccc(Cl)cc1. The summed E-state index contributed by atoms with van der Waals surface area (Å²) in [7, 11) is 0. The summed E-state index contributed by atoms with van der Waals surface area (Å²) in [6, 6.07) is 16.7. The van der Waals surface area contributed by atoms with Crippen LogP contribution < -0.4 is 10.2 Å². The summed E-state index contributed by atoms with van der Waals surface area (Å²) < 4.78 is 5.16. The van der Waals surface area contributed by atoms with E-state index in [-0.39, 0.29) is 6.61 Å². The molecule has 8 heteroatoms. The van der Waals surface area contributed by atoms with Gasteiger partial charge in [-0.3, -0.25) is 14.9 Å². The van der Waals surface area contributed by atoms with Gasteiger partial charge in [-0.05, 0) is 36.8 Å². The lowest BCUT2D eigenvalue weighted by Gasteiger charge is -2.39. The molecule has 0 bridgehead atoms. The highest BCUT2D eigenvalue weighted by Crippen LogP contribution is 2.32. The predicted molar refractivity (Wildman–Crippen MR) is 120 cm³/mol. The Kier molecular flexibility index (Phi) is 6.42. The highest BCUT2D eigenvalue weighted by Gasteiger charge is 2.42. The second kappa shape index (κ2) is 9.39. The molecule has 2 aromatic rings. The number of guanidine groups is 1. The average molecular weight is 441 g/mol. The highest BCUT2D eigenvalue weighted by molar-refractivity contribution is 6.30. The van der Waals surface area contributed by atoms with Gasteiger partial charge >= 0.3 is 5.97 Å². The molecule has 0 spiro atoms. The van der Waals surface area contributed by atoms with Crippen LogP contribution in [0.2, 0.25) is 5.02 Å².